The van der Waals surface area contributed by atoms with Crippen molar-refractivity contribution in [2.45, 2.75) is 8.66 Å². The van der Waals surface area contributed by atoms with E-state index in [2.05, 4.69) is 0 Å². The summed E-state index contributed by atoms with van der Waals surface area (Å²) < 4.78 is 43.7. The van der Waals surface area contributed by atoms with Gasteiger partial charge in [0, 0.05) is 21.4 Å². The monoisotopic (exact) mass is 358 g/mol. The fourth-order valence-electron chi connectivity index (χ4n) is 1.72. The lowest BCUT2D eigenvalue weighted by atomic mass is 10.1. The molecule has 0 radical (unpaired) electrons. The van der Waals surface area contributed by atoms with E-state index in [-0.39, 0.29) is 0 Å². The van der Waals surface area contributed by atoms with Gasteiger partial charge >= 0.3 is 0 Å². The zero-order valence-electron chi connectivity index (χ0n) is 9.23. The molecule has 0 fully saturated rings. The zero-order valence-corrected chi connectivity index (χ0v) is 13.2. The molecule has 2 unspecified atom stereocenters. The topological polar surface area (TPSA) is 68.3 Å². The van der Waals surface area contributed by atoms with E-state index in [1.165, 1.54) is 12.2 Å². The first-order chi connectivity index (χ1) is 8.67. The van der Waals surface area contributed by atoms with Gasteiger partial charge in [0.1, 0.15) is 4.58 Å². The molecule has 19 heavy (non-hydrogen) atoms. The minimum atomic E-state index is -4.09. The summed E-state index contributed by atoms with van der Waals surface area (Å²) in [6.45, 7) is 0. The van der Waals surface area contributed by atoms with Gasteiger partial charge in [-0.3, -0.25) is 0 Å². The summed E-state index contributed by atoms with van der Waals surface area (Å²) in [6.07, 6.45) is 2.50. The summed E-state index contributed by atoms with van der Waals surface area (Å²) in [7, 11) is 2.77. The van der Waals surface area contributed by atoms with E-state index in [1.807, 2.05) is 0 Å². The second-order valence-corrected chi connectivity index (χ2v) is 11.2. The van der Waals surface area contributed by atoms with Crippen LogP contribution in [0.5, 0.6) is 0 Å². The molecular weight excluding hydrogens is 351 g/mol. The van der Waals surface area contributed by atoms with Gasteiger partial charge in [-0.1, -0.05) is 36.4 Å². The van der Waals surface area contributed by atoms with E-state index < -0.39 is 26.8 Å². The zero-order chi connectivity index (χ0) is 14.3. The van der Waals surface area contributed by atoms with Crippen molar-refractivity contribution in [3.05, 3.63) is 48.0 Å². The SMILES string of the molecule is O=S(=O)(Cl)C1C=CC(c2ccccc2)(S(=O)(=O)Cl)S1. The predicted molar refractivity (Wildman–Crippen MR) is 78.2 cm³/mol. The van der Waals surface area contributed by atoms with E-state index >= 15 is 0 Å². The molecule has 2 rings (SSSR count). The Labute approximate surface area is 124 Å². The molecule has 9 heteroatoms. The van der Waals surface area contributed by atoms with Crippen LogP contribution in [0.2, 0.25) is 0 Å². The number of halogens is 2. The molecule has 2 atom stereocenters. The number of hydrogen-bond acceptors (Lipinski definition) is 5. The van der Waals surface area contributed by atoms with Gasteiger partial charge in [-0.05, 0) is 11.6 Å². The van der Waals surface area contributed by atoms with E-state index in [1.54, 1.807) is 30.3 Å². The summed E-state index contributed by atoms with van der Waals surface area (Å²) in [4.78, 5) is 0. The van der Waals surface area contributed by atoms with Crippen LogP contribution in [0.3, 0.4) is 0 Å². The highest BCUT2D eigenvalue weighted by molar-refractivity contribution is 8.31. The maximum atomic E-state index is 11.9. The Balaban J connectivity index is 2.58. The van der Waals surface area contributed by atoms with Gasteiger partial charge in [0.05, 0.1) is 0 Å². The molecule has 0 spiro atoms. The number of rotatable bonds is 3. The van der Waals surface area contributed by atoms with Crippen LogP contribution in [0, 0.1) is 0 Å². The Hall–Kier alpha value is -0.210. The van der Waals surface area contributed by atoms with Crippen LogP contribution < -0.4 is 0 Å². The number of benzene rings is 1. The van der Waals surface area contributed by atoms with Gasteiger partial charge in [0.2, 0.25) is 9.05 Å². The van der Waals surface area contributed by atoms with Gasteiger partial charge in [0.15, 0.2) is 4.08 Å². The van der Waals surface area contributed by atoms with Crippen LogP contribution in [-0.4, -0.2) is 21.4 Å². The smallest absolute Gasteiger partial charge is 0.211 e. The minimum absolute atomic E-state index is 0.383. The highest BCUT2D eigenvalue weighted by Gasteiger charge is 2.50. The molecule has 0 aliphatic carbocycles. The van der Waals surface area contributed by atoms with E-state index in [4.69, 9.17) is 21.4 Å². The molecule has 1 heterocycles. The molecule has 0 N–H and O–H groups in total. The summed E-state index contributed by atoms with van der Waals surface area (Å²) in [5.74, 6) is 0. The lowest BCUT2D eigenvalue weighted by molar-refractivity contribution is 0.601. The average molecular weight is 359 g/mol. The molecule has 0 saturated heterocycles. The van der Waals surface area contributed by atoms with Gasteiger partial charge in [-0.2, -0.15) is 0 Å². The van der Waals surface area contributed by atoms with Crippen molar-refractivity contribution < 1.29 is 16.8 Å². The molecule has 0 amide bonds. The van der Waals surface area contributed by atoms with Crippen LogP contribution in [0.1, 0.15) is 5.56 Å². The van der Waals surface area contributed by atoms with Crippen molar-refractivity contribution in [1.29, 1.82) is 0 Å². The molecule has 4 nitrogen and oxygen atoms in total. The second-order valence-electron chi connectivity index (χ2n) is 3.79. The molecule has 104 valence electrons. The van der Waals surface area contributed by atoms with Crippen LogP contribution >= 0.6 is 33.1 Å². The molecule has 1 aromatic carbocycles. The quantitative estimate of drug-likeness (QED) is 0.613. The molecule has 0 bridgehead atoms. The standard InChI is InChI=1S/C10H8Cl2O4S3/c11-18(13,14)9-6-7-10(17-9,19(12,15)16)8-4-2-1-3-5-8/h1-7,9H. The van der Waals surface area contributed by atoms with Gasteiger partial charge in [0.25, 0.3) is 9.05 Å². The molecule has 0 aromatic heterocycles. The molecule has 0 saturated carbocycles. The third-order valence-electron chi connectivity index (χ3n) is 2.58. The van der Waals surface area contributed by atoms with E-state index in [9.17, 15) is 16.8 Å². The third kappa shape index (κ3) is 2.80. The fourth-order valence-corrected chi connectivity index (χ4v) is 6.70. The third-order valence-corrected chi connectivity index (χ3v) is 9.39. The maximum absolute atomic E-state index is 11.9. The van der Waals surface area contributed by atoms with Crippen molar-refractivity contribution in [2.75, 3.05) is 0 Å². The fraction of sp³-hybridized carbons (Fsp3) is 0.200. The first-order valence-corrected chi connectivity index (χ1v) is 10.5. The lowest BCUT2D eigenvalue weighted by Gasteiger charge is -2.24. The van der Waals surface area contributed by atoms with Crippen molar-refractivity contribution >= 4 is 51.2 Å². The molecule has 1 aromatic rings. The van der Waals surface area contributed by atoms with Gasteiger partial charge < -0.3 is 0 Å². The van der Waals surface area contributed by atoms with Crippen LogP contribution in [0.25, 0.3) is 0 Å². The van der Waals surface area contributed by atoms with Crippen molar-refractivity contribution in [3.63, 3.8) is 0 Å². The lowest BCUT2D eigenvalue weighted by Crippen LogP contribution is -2.26. The Kier molecular flexibility index (Phi) is 3.97. The van der Waals surface area contributed by atoms with Crippen molar-refractivity contribution in [3.8, 4) is 0 Å². The van der Waals surface area contributed by atoms with Gasteiger partial charge in [-0.15, -0.1) is 11.8 Å². The Morgan fingerprint density at radius 2 is 1.63 bits per heavy atom. The number of hydrogen-bond donors (Lipinski definition) is 0. The normalized spacial score (nSPS) is 27.6. The first kappa shape index (κ1) is 15.2. The average Bonchev–Trinajstić information content (AvgIpc) is 2.75. The molecule has 1 aliphatic rings. The summed E-state index contributed by atoms with van der Waals surface area (Å²) in [5, 5.41) is 0. The summed E-state index contributed by atoms with van der Waals surface area (Å²) >= 11 is 0.674. The Morgan fingerprint density at radius 3 is 2.05 bits per heavy atom. The maximum Gasteiger partial charge on any atom is 0.255 e. The predicted octanol–water partition coefficient (Wildman–Crippen LogP) is 2.61. The summed E-state index contributed by atoms with van der Waals surface area (Å²) in [5.41, 5.74) is 0.383. The first-order valence-electron chi connectivity index (χ1n) is 4.97. The van der Waals surface area contributed by atoms with Gasteiger partial charge in [-0.25, -0.2) is 16.8 Å². The van der Waals surface area contributed by atoms with Crippen molar-refractivity contribution in [1.82, 2.24) is 0 Å². The number of thioether (sulfide) groups is 1. The summed E-state index contributed by atoms with van der Waals surface area (Å²) in [6, 6.07) is 8.16. The van der Waals surface area contributed by atoms with Crippen LogP contribution in [0.15, 0.2) is 42.5 Å². The van der Waals surface area contributed by atoms with E-state index in [0.717, 1.165) is 0 Å². The molecular formula is C10H8Cl2O4S3. The highest BCUT2D eigenvalue weighted by Crippen LogP contribution is 2.53. The Morgan fingerprint density at radius 1 is 1.05 bits per heavy atom. The highest BCUT2D eigenvalue weighted by atomic mass is 35.7. The van der Waals surface area contributed by atoms with Crippen LogP contribution in [0.4, 0.5) is 0 Å². The van der Waals surface area contributed by atoms with Crippen LogP contribution in [-0.2, 0) is 22.2 Å². The molecule has 1 aliphatic heterocycles. The second kappa shape index (κ2) is 4.96. The Bertz CT molecular complexity index is 712. The van der Waals surface area contributed by atoms with E-state index in [0.29, 0.717) is 17.3 Å². The van der Waals surface area contributed by atoms with Crippen molar-refractivity contribution in [2.24, 2.45) is 0 Å². The minimum Gasteiger partial charge on any atom is -0.211 e. The largest absolute Gasteiger partial charge is 0.255 e.